The smallest absolute Gasteiger partial charge is 0.337 e. The van der Waals surface area contributed by atoms with E-state index in [1.165, 1.54) is 26.0 Å². The van der Waals surface area contributed by atoms with Gasteiger partial charge in [-0.15, -0.1) is 0 Å². The van der Waals surface area contributed by atoms with Crippen molar-refractivity contribution in [3.8, 4) is 0 Å². The second-order valence-electron chi connectivity index (χ2n) is 8.96. The fourth-order valence-electron chi connectivity index (χ4n) is 2.81. The van der Waals surface area contributed by atoms with Crippen LogP contribution >= 0.6 is 0 Å². The molecule has 0 aliphatic rings. The van der Waals surface area contributed by atoms with Gasteiger partial charge >= 0.3 is 23.9 Å². The van der Waals surface area contributed by atoms with Gasteiger partial charge in [-0.3, -0.25) is 0 Å². The lowest BCUT2D eigenvalue weighted by molar-refractivity contribution is -0.140. The van der Waals surface area contributed by atoms with Gasteiger partial charge in [-0.1, -0.05) is 95.3 Å². The van der Waals surface area contributed by atoms with Crippen LogP contribution in [0.25, 0.3) is 6.08 Å². The molecule has 1 atom stereocenters. The highest BCUT2D eigenvalue weighted by molar-refractivity contribution is 5.92. The van der Waals surface area contributed by atoms with Gasteiger partial charge in [0, 0.05) is 17.2 Å². The number of hydrogen-bond acceptors (Lipinski definition) is 8. The largest absolute Gasteiger partial charge is 0.478 e. The molecule has 9 heteroatoms. The van der Waals surface area contributed by atoms with E-state index in [9.17, 15) is 19.2 Å². The Morgan fingerprint density at radius 2 is 1.60 bits per heavy atom. The fraction of sp³-hybridized carbons (Fsp3) is 0.394. The molecule has 0 radical (unpaired) electrons. The van der Waals surface area contributed by atoms with Gasteiger partial charge in [0.2, 0.25) is 0 Å². The van der Waals surface area contributed by atoms with E-state index in [0.717, 1.165) is 24.5 Å². The number of carboxylic acid groups (broad SMARTS) is 1. The molecule has 0 spiro atoms. The van der Waals surface area contributed by atoms with Crippen LogP contribution in [0.5, 0.6) is 0 Å². The van der Waals surface area contributed by atoms with Crippen molar-refractivity contribution in [1.29, 1.82) is 0 Å². The van der Waals surface area contributed by atoms with Crippen LogP contribution in [0.15, 0.2) is 85.0 Å². The highest BCUT2D eigenvalue weighted by atomic mass is 16.5. The maximum atomic E-state index is 11.9. The van der Waals surface area contributed by atoms with E-state index in [1.54, 1.807) is 13.0 Å². The Kier molecular flexibility index (Phi) is 24.4. The Morgan fingerprint density at radius 1 is 0.952 bits per heavy atom. The zero-order valence-corrected chi connectivity index (χ0v) is 25.3. The number of carbonyl (C=O) groups is 4. The molecule has 2 N–H and O–H groups in total. The number of allylic oxidation sites excluding steroid dienone is 1. The minimum Gasteiger partial charge on any atom is -0.478 e. The molecule has 0 aliphatic carbocycles. The monoisotopic (exact) mass is 586 g/mol. The second-order valence-corrected chi connectivity index (χ2v) is 8.96. The maximum absolute atomic E-state index is 11.9. The molecule has 0 aromatic heterocycles. The SMILES string of the molecule is C=C(C)C(=O)OC.C=C(C=Cc1ccccc1)C(=O)OCC(CC)CCCC.C=C(CC=CC(=O)O)C(=O)OCCO. The molecule has 1 unspecified atom stereocenters. The van der Waals surface area contributed by atoms with Crippen molar-refractivity contribution in [2.75, 3.05) is 26.9 Å². The van der Waals surface area contributed by atoms with E-state index < -0.39 is 11.9 Å². The number of methoxy groups -OCH3 is 1. The Morgan fingerprint density at radius 3 is 2.07 bits per heavy atom. The molecule has 232 valence electrons. The number of carbonyl (C=O) groups excluding carboxylic acids is 3. The summed E-state index contributed by atoms with van der Waals surface area (Å²) in [6.07, 6.45) is 10.4. The third-order valence-corrected chi connectivity index (χ3v) is 5.30. The minimum absolute atomic E-state index is 0.0828. The van der Waals surface area contributed by atoms with Crippen molar-refractivity contribution < 1.29 is 43.6 Å². The number of hydrogen-bond donors (Lipinski definition) is 2. The van der Waals surface area contributed by atoms with Crippen LogP contribution in [-0.2, 0) is 33.4 Å². The number of carboxylic acids is 1. The Bertz CT molecular complexity index is 1050. The molecule has 1 aromatic carbocycles. The van der Waals surface area contributed by atoms with Crippen molar-refractivity contribution in [2.24, 2.45) is 5.92 Å². The number of aliphatic hydroxyl groups is 1. The molecule has 1 aromatic rings. The van der Waals surface area contributed by atoms with Crippen molar-refractivity contribution in [3.63, 3.8) is 0 Å². The Labute approximate surface area is 249 Å². The van der Waals surface area contributed by atoms with Gasteiger partial charge in [0.25, 0.3) is 0 Å². The molecular weight excluding hydrogens is 540 g/mol. The lowest BCUT2D eigenvalue weighted by atomic mass is 10.0. The van der Waals surface area contributed by atoms with Crippen LogP contribution in [0, 0.1) is 5.92 Å². The molecule has 0 saturated heterocycles. The van der Waals surface area contributed by atoms with Gasteiger partial charge in [-0.2, -0.15) is 0 Å². The van der Waals surface area contributed by atoms with Gasteiger partial charge in [0.1, 0.15) is 6.61 Å². The summed E-state index contributed by atoms with van der Waals surface area (Å²) in [5, 5.41) is 16.6. The van der Waals surface area contributed by atoms with Crippen LogP contribution in [0.3, 0.4) is 0 Å². The molecule has 0 fully saturated rings. The summed E-state index contributed by atoms with van der Waals surface area (Å²) >= 11 is 0. The second kappa shape index (κ2) is 25.7. The molecule has 9 nitrogen and oxygen atoms in total. The highest BCUT2D eigenvalue weighted by Crippen LogP contribution is 2.14. The number of esters is 3. The van der Waals surface area contributed by atoms with Gasteiger partial charge < -0.3 is 24.4 Å². The summed E-state index contributed by atoms with van der Waals surface area (Å²) in [4.78, 5) is 43.1. The third-order valence-electron chi connectivity index (χ3n) is 5.30. The third kappa shape index (κ3) is 22.6. The summed E-state index contributed by atoms with van der Waals surface area (Å²) in [6, 6.07) is 9.84. The van der Waals surface area contributed by atoms with Crippen LogP contribution < -0.4 is 0 Å². The van der Waals surface area contributed by atoms with Gasteiger partial charge in [0.15, 0.2) is 0 Å². The van der Waals surface area contributed by atoms with Crippen LogP contribution in [0.2, 0.25) is 0 Å². The van der Waals surface area contributed by atoms with Gasteiger partial charge in [-0.25, -0.2) is 19.2 Å². The molecule has 0 aliphatic heterocycles. The highest BCUT2D eigenvalue weighted by Gasteiger charge is 2.11. The molecular formula is C33H46O9. The van der Waals surface area contributed by atoms with E-state index in [0.29, 0.717) is 23.7 Å². The number of aliphatic hydroxyl groups excluding tert-OH is 1. The molecule has 0 amide bonds. The lowest BCUT2D eigenvalue weighted by Gasteiger charge is -2.14. The quantitative estimate of drug-likeness (QED) is 0.106. The van der Waals surface area contributed by atoms with Crippen LogP contribution in [0.4, 0.5) is 0 Å². The number of benzene rings is 1. The number of unbranched alkanes of at least 4 members (excludes halogenated alkanes) is 1. The van der Waals surface area contributed by atoms with E-state index >= 15 is 0 Å². The lowest BCUT2D eigenvalue weighted by Crippen LogP contribution is -2.14. The average Bonchev–Trinajstić information content (AvgIpc) is 2.98. The maximum Gasteiger partial charge on any atom is 0.337 e. The van der Waals surface area contributed by atoms with Crippen molar-refractivity contribution >= 4 is 30.0 Å². The van der Waals surface area contributed by atoms with Crippen molar-refractivity contribution in [3.05, 3.63) is 90.6 Å². The Hall–Kier alpha value is -4.24. The average molecular weight is 587 g/mol. The molecule has 0 heterocycles. The first-order valence-corrected chi connectivity index (χ1v) is 13.6. The number of aliphatic carboxylic acids is 1. The van der Waals surface area contributed by atoms with E-state index in [2.05, 4.69) is 43.1 Å². The van der Waals surface area contributed by atoms with E-state index in [1.807, 2.05) is 36.4 Å². The van der Waals surface area contributed by atoms with E-state index in [-0.39, 0.29) is 37.1 Å². The molecule has 0 saturated carbocycles. The first kappa shape index (κ1) is 39.9. The normalized spacial score (nSPS) is 10.8. The summed E-state index contributed by atoms with van der Waals surface area (Å²) in [7, 11) is 1.33. The number of rotatable bonds is 16. The van der Waals surface area contributed by atoms with Gasteiger partial charge in [0.05, 0.1) is 25.9 Å². The summed E-state index contributed by atoms with van der Waals surface area (Å²) < 4.78 is 14.2. The zero-order valence-electron chi connectivity index (χ0n) is 25.3. The standard InChI is InChI=1S/C19H26O2.C9H12O5.C5H8O2/c1-4-6-10-17(5-2)15-21-19(20)16(3)13-14-18-11-8-7-9-12-18;1-7(3-2-4-8(11)12)9(13)14-6-5-10;1-4(2)5(6)7-3/h7-9,11-14,17H,3-6,10,15H2,1-2H3;2,4,10H,1,3,5-6H2,(H,11,12);1H2,2-3H3. The predicted molar refractivity (Wildman–Crippen MR) is 164 cm³/mol. The Balaban J connectivity index is 0. The molecule has 42 heavy (non-hydrogen) atoms. The van der Waals surface area contributed by atoms with Crippen molar-refractivity contribution in [2.45, 2.75) is 52.9 Å². The molecule has 0 bridgehead atoms. The molecule has 1 rings (SSSR count). The zero-order chi connectivity index (χ0) is 32.3. The summed E-state index contributed by atoms with van der Waals surface area (Å²) in [5.41, 5.74) is 2.02. The first-order valence-electron chi connectivity index (χ1n) is 13.6. The summed E-state index contributed by atoms with van der Waals surface area (Å²) in [6.45, 7) is 16.6. The van der Waals surface area contributed by atoms with Crippen LogP contribution in [-0.4, -0.2) is 61.0 Å². The van der Waals surface area contributed by atoms with Crippen LogP contribution in [0.1, 0.15) is 58.4 Å². The summed E-state index contributed by atoms with van der Waals surface area (Å²) in [5.74, 6) is -1.92. The van der Waals surface area contributed by atoms with Crippen molar-refractivity contribution in [1.82, 2.24) is 0 Å². The van der Waals surface area contributed by atoms with E-state index in [4.69, 9.17) is 14.9 Å². The number of ether oxygens (including phenoxy) is 3. The fourth-order valence-corrected chi connectivity index (χ4v) is 2.81. The topological polar surface area (TPSA) is 136 Å². The first-order chi connectivity index (χ1) is 19.9. The predicted octanol–water partition coefficient (Wildman–Crippen LogP) is 5.86. The van der Waals surface area contributed by atoms with Gasteiger partial charge in [-0.05, 0) is 37.3 Å². The minimum atomic E-state index is -1.08.